The number of rotatable bonds is 7. The van der Waals surface area contributed by atoms with Crippen LogP contribution in [0.2, 0.25) is 0 Å². The number of carbonyl (C=O) groups excluding carboxylic acids is 2. The lowest BCUT2D eigenvalue weighted by Gasteiger charge is -2.13. The molecule has 0 aliphatic heterocycles. The van der Waals surface area contributed by atoms with Gasteiger partial charge in [0.05, 0.1) is 26.2 Å². The molecule has 0 fully saturated rings. The van der Waals surface area contributed by atoms with Crippen LogP contribution in [0.4, 0.5) is 23.7 Å². The average Bonchev–Trinajstić information content (AvgIpc) is 2.86. The van der Waals surface area contributed by atoms with Crippen molar-refractivity contribution in [3.8, 4) is 23.0 Å². The van der Waals surface area contributed by atoms with Crippen LogP contribution in [0.15, 0.2) is 60.8 Å². The molecule has 2 N–H and O–H groups in total. The Balaban J connectivity index is 1.44. The fourth-order valence-corrected chi connectivity index (χ4v) is 3.49. The molecule has 8 nitrogen and oxygen atoms in total. The molecule has 0 aliphatic rings. The normalized spacial score (nSPS) is 10.6. The van der Waals surface area contributed by atoms with Gasteiger partial charge in [0.25, 0.3) is 0 Å². The minimum atomic E-state index is -0.957. The molecule has 0 radical (unpaired) electrons. The lowest BCUT2D eigenvalue weighted by molar-refractivity contribution is -0.119. The summed E-state index contributed by atoms with van der Waals surface area (Å²) >= 11 is 0. The Morgan fingerprint density at radius 1 is 0.838 bits per heavy atom. The summed E-state index contributed by atoms with van der Waals surface area (Å²) in [5.41, 5.74) is 0.490. The number of ether oxygens (including phenoxy) is 3. The Hall–Kier alpha value is -4.80. The van der Waals surface area contributed by atoms with Crippen LogP contribution in [-0.4, -0.2) is 31.1 Å². The zero-order valence-corrected chi connectivity index (χ0v) is 19.6. The molecule has 0 saturated heterocycles. The smallest absolute Gasteiger partial charge is 0.325 e. The maximum absolute atomic E-state index is 14.8. The van der Waals surface area contributed by atoms with Gasteiger partial charge in [-0.05, 0) is 35.9 Å². The molecule has 0 unspecified atom stereocenters. The van der Waals surface area contributed by atoms with E-state index in [0.29, 0.717) is 34.2 Å². The van der Waals surface area contributed by atoms with E-state index in [1.54, 1.807) is 18.2 Å². The zero-order valence-electron chi connectivity index (χ0n) is 19.6. The van der Waals surface area contributed by atoms with Gasteiger partial charge >= 0.3 is 6.03 Å². The largest absolute Gasteiger partial charge is 0.493 e. The second-order valence-corrected chi connectivity index (χ2v) is 7.70. The number of pyridine rings is 1. The highest BCUT2D eigenvalue weighted by Gasteiger charge is 2.15. The van der Waals surface area contributed by atoms with E-state index >= 15 is 0 Å². The first-order valence-corrected chi connectivity index (χ1v) is 10.8. The molecule has 0 spiro atoms. The van der Waals surface area contributed by atoms with Gasteiger partial charge in [-0.15, -0.1) is 0 Å². The molecule has 1 aromatic heterocycles. The van der Waals surface area contributed by atoms with Crippen LogP contribution in [0, 0.1) is 17.5 Å². The van der Waals surface area contributed by atoms with E-state index in [1.807, 2.05) is 5.32 Å². The lowest BCUT2D eigenvalue weighted by atomic mass is 10.1. The second kappa shape index (κ2) is 10.9. The summed E-state index contributed by atoms with van der Waals surface area (Å²) in [6.45, 7) is 0. The summed E-state index contributed by atoms with van der Waals surface area (Å²) in [5.74, 6) is -2.23. The third kappa shape index (κ3) is 5.89. The van der Waals surface area contributed by atoms with Crippen LogP contribution in [-0.2, 0) is 11.2 Å². The monoisotopic (exact) mass is 511 g/mol. The van der Waals surface area contributed by atoms with Crippen molar-refractivity contribution in [2.45, 2.75) is 6.42 Å². The topological polar surface area (TPSA) is 98.8 Å². The number of urea groups is 1. The molecule has 11 heteroatoms. The Morgan fingerprint density at radius 3 is 2.30 bits per heavy atom. The maximum Gasteiger partial charge on any atom is 0.325 e. The summed E-state index contributed by atoms with van der Waals surface area (Å²) in [5, 5.41) is 4.86. The van der Waals surface area contributed by atoms with Gasteiger partial charge in [-0.2, -0.15) is 0 Å². The number of carbonyl (C=O) groups is 2. The summed E-state index contributed by atoms with van der Waals surface area (Å²) < 4.78 is 57.8. The van der Waals surface area contributed by atoms with E-state index in [-0.39, 0.29) is 17.0 Å². The number of amides is 3. The van der Waals surface area contributed by atoms with Crippen molar-refractivity contribution >= 4 is 28.5 Å². The SMILES string of the molecule is COc1cc2nccc(Oc3ccc(NC(=O)NC(=O)Cc4ccc(F)cc4F)cc3F)c2cc1OC. The predicted molar refractivity (Wildman–Crippen MR) is 129 cm³/mol. The minimum Gasteiger partial charge on any atom is -0.493 e. The van der Waals surface area contributed by atoms with Crippen LogP contribution in [0.3, 0.4) is 0 Å². The summed E-state index contributed by atoms with van der Waals surface area (Å²) in [4.78, 5) is 28.4. The number of halogens is 3. The van der Waals surface area contributed by atoms with E-state index in [0.717, 1.165) is 18.2 Å². The van der Waals surface area contributed by atoms with Gasteiger partial charge in [-0.3, -0.25) is 15.1 Å². The third-order valence-corrected chi connectivity index (χ3v) is 5.24. The van der Waals surface area contributed by atoms with Gasteiger partial charge < -0.3 is 19.5 Å². The molecule has 4 rings (SSSR count). The first-order valence-electron chi connectivity index (χ1n) is 10.8. The Morgan fingerprint density at radius 2 is 1.59 bits per heavy atom. The van der Waals surface area contributed by atoms with Crippen molar-refractivity contribution in [2.24, 2.45) is 0 Å². The van der Waals surface area contributed by atoms with Crippen molar-refractivity contribution in [3.05, 3.63) is 83.8 Å². The van der Waals surface area contributed by atoms with Gasteiger partial charge in [0.2, 0.25) is 5.91 Å². The number of fused-ring (bicyclic) bond motifs is 1. The number of hydrogen-bond donors (Lipinski definition) is 2. The molecule has 0 bridgehead atoms. The highest BCUT2D eigenvalue weighted by atomic mass is 19.1. The molecule has 190 valence electrons. The second-order valence-electron chi connectivity index (χ2n) is 7.70. The van der Waals surface area contributed by atoms with Crippen LogP contribution in [0.25, 0.3) is 10.9 Å². The number of imide groups is 1. The number of nitrogens with one attached hydrogen (secondary N) is 2. The summed E-state index contributed by atoms with van der Waals surface area (Å²) in [6.07, 6.45) is 1.01. The summed E-state index contributed by atoms with van der Waals surface area (Å²) in [6, 6.07) is 10.3. The molecule has 1 heterocycles. The van der Waals surface area contributed by atoms with Gasteiger partial charge in [0.1, 0.15) is 17.4 Å². The Kier molecular flexibility index (Phi) is 7.42. The van der Waals surface area contributed by atoms with E-state index in [4.69, 9.17) is 14.2 Å². The van der Waals surface area contributed by atoms with E-state index < -0.39 is 35.8 Å². The maximum atomic E-state index is 14.8. The number of benzene rings is 3. The molecule has 37 heavy (non-hydrogen) atoms. The Bertz CT molecular complexity index is 1500. The first-order chi connectivity index (χ1) is 17.8. The predicted octanol–water partition coefficient (Wildman–Crippen LogP) is 5.35. The lowest BCUT2D eigenvalue weighted by Crippen LogP contribution is -2.35. The molecule has 0 aliphatic carbocycles. The van der Waals surface area contributed by atoms with E-state index in [9.17, 15) is 22.8 Å². The molecule has 3 aromatic carbocycles. The number of hydrogen-bond acceptors (Lipinski definition) is 6. The van der Waals surface area contributed by atoms with Crippen LogP contribution < -0.4 is 24.8 Å². The average molecular weight is 511 g/mol. The minimum absolute atomic E-state index is 0.0362. The number of methoxy groups -OCH3 is 2. The third-order valence-electron chi connectivity index (χ3n) is 5.24. The molecule has 4 aromatic rings. The van der Waals surface area contributed by atoms with Gasteiger partial charge in [0.15, 0.2) is 23.1 Å². The number of nitrogens with zero attached hydrogens (tertiary/aromatic N) is 1. The molecular formula is C26H20F3N3O5. The summed E-state index contributed by atoms with van der Waals surface area (Å²) in [7, 11) is 2.98. The molecule has 0 saturated carbocycles. The van der Waals surface area contributed by atoms with Crippen LogP contribution in [0.1, 0.15) is 5.56 Å². The molecule has 0 atom stereocenters. The van der Waals surface area contributed by atoms with Crippen LogP contribution in [0.5, 0.6) is 23.0 Å². The van der Waals surface area contributed by atoms with Gasteiger partial charge in [0, 0.05) is 35.5 Å². The van der Waals surface area contributed by atoms with Crippen molar-refractivity contribution in [3.63, 3.8) is 0 Å². The van der Waals surface area contributed by atoms with Crippen molar-refractivity contribution < 1.29 is 37.0 Å². The Labute approximate surface area is 209 Å². The number of aromatic nitrogens is 1. The zero-order chi connectivity index (χ0) is 26.5. The van der Waals surface area contributed by atoms with Crippen molar-refractivity contribution in [1.82, 2.24) is 10.3 Å². The molecule has 3 amide bonds. The van der Waals surface area contributed by atoms with Crippen molar-refractivity contribution in [1.29, 1.82) is 0 Å². The highest BCUT2D eigenvalue weighted by Crippen LogP contribution is 2.37. The fourth-order valence-electron chi connectivity index (χ4n) is 3.49. The van der Waals surface area contributed by atoms with Crippen molar-refractivity contribution in [2.75, 3.05) is 19.5 Å². The number of anilines is 1. The van der Waals surface area contributed by atoms with E-state index in [2.05, 4.69) is 10.3 Å². The molecular weight excluding hydrogens is 491 g/mol. The quantitative estimate of drug-likeness (QED) is 0.347. The van der Waals surface area contributed by atoms with Gasteiger partial charge in [-0.1, -0.05) is 6.07 Å². The fraction of sp³-hybridized carbons (Fsp3) is 0.115. The van der Waals surface area contributed by atoms with Crippen LogP contribution >= 0.6 is 0 Å². The van der Waals surface area contributed by atoms with Gasteiger partial charge in [-0.25, -0.2) is 18.0 Å². The van der Waals surface area contributed by atoms with E-state index in [1.165, 1.54) is 32.5 Å². The highest BCUT2D eigenvalue weighted by molar-refractivity contribution is 6.01. The first kappa shape index (κ1) is 25.3. The standard InChI is InChI=1S/C26H20F3N3O5/c1-35-23-12-17-20(13-24(23)36-2)30-8-7-21(17)37-22-6-5-16(11-19(22)29)31-26(34)32-25(33)9-14-3-4-15(27)10-18(14)28/h3-8,10-13H,9H2,1-2H3,(H2,31,32,33,34).